The number of benzene rings is 2. The Balaban J connectivity index is 1.42. The SMILES string of the molecule is O=C(NCc1ccc([S+]([O-])c2cc(F)cc(F)c2)cc1)c1cc2cnccc2[nH]1. The lowest BCUT2D eigenvalue weighted by atomic mass is 10.2. The first-order valence-electron chi connectivity index (χ1n) is 8.67. The Morgan fingerprint density at radius 1 is 1.03 bits per heavy atom. The van der Waals surface area contributed by atoms with Gasteiger partial charge in [0.05, 0.1) is 0 Å². The molecule has 1 unspecified atom stereocenters. The molecule has 0 aliphatic rings. The van der Waals surface area contributed by atoms with Gasteiger partial charge in [-0.25, -0.2) is 8.78 Å². The zero-order chi connectivity index (χ0) is 20.4. The lowest BCUT2D eigenvalue weighted by molar-refractivity contribution is 0.0946. The Bertz CT molecular complexity index is 1120. The Hall–Kier alpha value is -3.23. The quantitative estimate of drug-likeness (QED) is 0.488. The molecule has 0 saturated heterocycles. The molecule has 4 aromatic rings. The summed E-state index contributed by atoms with van der Waals surface area (Å²) >= 11 is -1.71. The lowest BCUT2D eigenvalue weighted by Gasteiger charge is -2.11. The van der Waals surface area contributed by atoms with Gasteiger partial charge in [0.15, 0.2) is 9.79 Å². The van der Waals surface area contributed by atoms with E-state index >= 15 is 0 Å². The second-order valence-electron chi connectivity index (χ2n) is 6.35. The number of H-pyrrole nitrogens is 1. The molecule has 0 radical (unpaired) electrons. The van der Waals surface area contributed by atoms with E-state index in [4.69, 9.17) is 0 Å². The number of carbonyl (C=O) groups excluding carboxylic acids is 1. The van der Waals surface area contributed by atoms with Crippen molar-refractivity contribution >= 4 is 28.0 Å². The van der Waals surface area contributed by atoms with Gasteiger partial charge in [0.25, 0.3) is 5.91 Å². The standard InChI is InChI=1S/C21H15F2N3O2S/c22-15-8-16(23)10-18(9-15)29(28)17-3-1-13(2-4-17)11-25-21(27)20-7-14-12-24-6-5-19(14)26-20/h1-10,12,26H,11H2,(H,25,27). The fourth-order valence-corrected chi connectivity index (χ4v) is 3.97. The van der Waals surface area contributed by atoms with Gasteiger partial charge < -0.3 is 14.9 Å². The van der Waals surface area contributed by atoms with E-state index in [-0.39, 0.29) is 17.3 Å². The molecule has 0 aliphatic carbocycles. The number of nitrogens with one attached hydrogen (secondary N) is 2. The zero-order valence-corrected chi connectivity index (χ0v) is 15.8. The van der Waals surface area contributed by atoms with Gasteiger partial charge in [0.2, 0.25) is 0 Å². The summed E-state index contributed by atoms with van der Waals surface area (Å²) in [5.74, 6) is -1.81. The molecule has 4 rings (SSSR count). The van der Waals surface area contributed by atoms with Crippen molar-refractivity contribution in [2.75, 3.05) is 0 Å². The highest BCUT2D eigenvalue weighted by atomic mass is 32.2. The summed E-state index contributed by atoms with van der Waals surface area (Å²) in [4.78, 5) is 19.8. The summed E-state index contributed by atoms with van der Waals surface area (Å²) in [6, 6.07) is 13.0. The number of pyridine rings is 1. The highest BCUT2D eigenvalue weighted by Crippen LogP contribution is 2.23. The largest absolute Gasteiger partial charge is 0.606 e. The van der Waals surface area contributed by atoms with Gasteiger partial charge in [0.1, 0.15) is 17.3 Å². The van der Waals surface area contributed by atoms with Gasteiger partial charge in [-0.3, -0.25) is 9.78 Å². The molecule has 0 fully saturated rings. The molecule has 2 aromatic heterocycles. The van der Waals surface area contributed by atoms with E-state index in [0.29, 0.717) is 10.6 Å². The van der Waals surface area contributed by atoms with E-state index in [2.05, 4.69) is 15.3 Å². The van der Waals surface area contributed by atoms with Gasteiger partial charge in [-0.15, -0.1) is 0 Å². The number of carbonyl (C=O) groups is 1. The van der Waals surface area contributed by atoms with Crippen molar-refractivity contribution in [2.45, 2.75) is 16.3 Å². The molecule has 8 heteroatoms. The average molecular weight is 411 g/mol. The number of hydrogen-bond donors (Lipinski definition) is 2. The second-order valence-corrected chi connectivity index (χ2v) is 7.83. The molecule has 1 atom stereocenters. The highest BCUT2D eigenvalue weighted by molar-refractivity contribution is 7.91. The number of amides is 1. The molecule has 0 bridgehead atoms. The maximum absolute atomic E-state index is 13.3. The Morgan fingerprint density at radius 2 is 1.76 bits per heavy atom. The van der Waals surface area contributed by atoms with Gasteiger partial charge >= 0.3 is 0 Å². The summed E-state index contributed by atoms with van der Waals surface area (Å²) in [7, 11) is 0. The molecule has 0 spiro atoms. The minimum atomic E-state index is -1.71. The van der Waals surface area contributed by atoms with Crippen LogP contribution in [-0.4, -0.2) is 20.4 Å². The van der Waals surface area contributed by atoms with Crippen molar-refractivity contribution in [2.24, 2.45) is 0 Å². The summed E-state index contributed by atoms with van der Waals surface area (Å²) in [5.41, 5.74) is 2.05. The maximum atomic E-state index is 13.3. The summed E-state index contributed by atoms with van der Waals surface area (Å²) in [5, 5.41) is 3.65. The van der Waals surface area contributed by atoms with Crippen LogP contribution in [0.15, 0.2) is 76.8 Å². The molecule has 1 amide bonds. The summed E-state index contributed by atoms with van der Waals surface area (Å²) < 4.78 is 39.2. The van der Waals surface area contributed by atoms with Crippen LogP contribution in [0.25, 0.3) is 10.9 Å². The predicted molar refractivity (Wildman–Crippen MR) is 105 cm³/mol. The van der Waals surface area contributed by atoms with Crippen LogP contribution in [0.5, 0.6) is 0 Å². The smallest absolute Gasteiger partial charge is 0.267 e. The summed E-state index contributed by atoms with van der Waals surface area (Å²) in [6.45, 7) is 0.272. The Labute approximate surface area is 168 Å². The third kappa shape index (κ3) is 4.28. The van der Waals surface area contributed by atoms with Crippen LogP contribution >= 0.6 is 0 Å². The van der Waals surface area contributed by atoms with Gasteiger partial charge in [-0.1, -0.05) is 12.1 Å². The Kier molecular flexibility index (Phi) is 5.28. The van der Waals surface area contributed by atoms with Crippen LogP contribution in [-0.2, 0) is 17.7 Å². The third-order valence-corrected chi connectivity index (χ3v) is 5.67. The molecule has 5 nitrogen and oxygen atoms in total. The minimum absolute atomic E-state index is 0.0526. The Morgan fingerprint density at radius 3 is 2.45 bits per heavy atom. The molecule has 2 heterocycles. The molecule has 2 N–H and O–H groups in total. The molecule has 0 aliphatic heterocycles. The van der Waals surface area contributed by atoms with Gasteiger partial charge in [-0.05, 0) is 29.8 Å². The van der Waals surface area contributed by atoms with Crippen LogP contribution < -0.4 is 5.32 Å². The fraction of sp³-hybridized carbons (Fsp3) is 0.0476. The van der Waals surface area contributed by atoms with Crippen molar-refractivity contribution in [1.82, 2.24) is 15.3 Å². The van der Waals surface area contributed by atoms with Crippen LogP contribution in [0.2, 0.25) is 0 Å². The van der Waals surface area contributed by atoms with Gasteiger partial charge in [-0.2, -0.15) is 0 Å². The van der Waals surface area contributed by atoms with Crippen molar-refractivity contribution in [3.8, 4) is 0 Å². The van der Waals surface area contributed by atoms with E-state index in [1.54, 1.807) is 48.8 Å². The zero-order valence-electron chi connectivity index (χ0n) is 15.0. The minimum Gasteiger partial charge on any atom is -0.606 e. The van der Waals surface area contributed by atoms with E-state index < -0.39 is 22.8 Å². The third-order valence-electron chi connectivity index (χ3n) is 4.31. The number of aromatic amines is 1. The number of aromatic nitrogens is 2. The molecular weight excluding hydrogens is 396 g/mol. The van der Waals surface area contributed by atoms with Crippen LogP contribution in [0.1, 0.15) is 16.1 Å². The molecule has 146 valence electrons. The van der Waals surface area contributed by atoms with Crippen molar-refractivity contribution in [3.63, 3.8) is 0 Å². The monoisotopic (exact) mass is 411 g/mol. The molecule has 2 aromatic carbocycles. The number of fused-ring (bicyclic) bond motifs is 1. The van der Waals surface area contributed by atoms with E-state index in [1.165, 1.54) is 0 Å². The summed E-state index contributed by atoms with van der Waals surface area (Å²) in [6.07, 6.45) is 3.32. The molecular formula is C21H15F2N3O2S. The number of halogens is 2. The van der Waals surface area contributed by atoms with E-state index in [9.17, 15) is 18.1 Å². The van der Waals surface area contributed by atoms with Crippen molar-refractivity contribution in [3.05, 3.63) is 89.9 Å². The number of hydrogen-bond acceptors (Lipinski definition) is 3. The topological polar surface area (TPSA) is 80.8 Å². The van der Waals surface area contributed by atoms with Crippen LogP contribution in [0.4, 0.5) is 8.78 Å². The van der Waals surface area contributed by atoms with Crippen molar-refractivity contribution < 1.29 is 18.1 Å². The average Bonchev–Trinajstić information content (AvgIpc) is 3.15. The second kappa shape index (κ2) is 8.02. The normalized spacial score (nSPS) is 12.1. The number of nitrogens with zero attached hydrogens (tertiary/aromatic N) is 1. The first-order valence-corrected chi connectivity index (χ1v) is 9.82. The van der Waals surface area contributed by atoms with Gasteiger partial charge in [0, 0.05) is 59.2 Å². The lowest BCUT2D eigenvalue weighted by Crippen LogP contribution is -2.23. The van der Waals surface area contributed by atoms with Crippen molar-refractivity contribution in [1.29, 1.82) is 0 Å². The maximum Gasteiger partial charge on any atom is 0.267 e. The van der Waals surface area contributed by atoms with E-state index in [1.807, 2.05) is 0 Å². The first-order chi connectivity index (χ1) is 14.0. The predicted octanol–water partition coefficient (Wildman–Crippen LogP) is 3.94. The van der Waals surface area contributed by atoms with E-state index in [0.717, 1.165) is 34.7 Å². The number of rotatable bonds is 5. The first kappa shape index (κ1) is 19.1. The van der Waals surface area contributed by atoms with Crippen LogP contribution in [0.3, 0.4) is 0 Å². The fourth-order valence-electron chi connectivity index (χ4n) is 2.87. The molecule has 0 saturated carbocycles. The highest BCUT2D eigenvalue weighted by Gasteiger charge is 2.17. The molecule has 29 heavy (non-hydrogen) atoms. The van der Waals surface area contributed by atoms with Crippen LogP contribution in [0, 0.1) is 11.6 Å².